The highest BCUT2D eigenvalue weighted by Gasteiger charge is 2.28. The van der Waals surface area contributed by atoms with Gasteiger partial charge < -0.3 is 5.32 Å². The van der Waals surface area contributed by atoms with Crippen LogP contribution in [-0.2, 0) is 10.0 Å². The fourth-order valence-electron chi connectivity index (χ4n) is 2.79. The van der Waals surface area contributed by atoms with Crippen molar-refractivity contribution in [3.63, 3.8) is 0 Å². The maximum absolute atomic E-state index is 12.0. The van der Waals surface area contributed by atoms with Crippen LogP contribution in [0.15, 0.2) is 29.2 Å². The highest BCUT2D eigenvalue weighted by atomic mass is 32.2. The Morgan fingerprint density at radius 1 is 1.00 bits per heavy atom. The number of benzene rings is 1. The molecule has 2 N–H and O–H groups in total. The van der Waals surface area contributed by atoms with E-state index in [0.717, 1.165) is 24.4 Å². The first-order valence-electron chi connectivity index (χ1n) is 7.42. The van der Waals surface area contributed by atoms with E-state index < -0.39 is 10.0 Å². The van der Waals surface area contributed by atoms with E-state index in [1.54, 1.807) is 12.1 Å². The number of hydrogen-bond donors (Lipinski definition) is 2. The van der Waals surface area contributed by atoms with E-state index in [1.165, 1.54) is 19.3 Å². The summed E-state index contributed by atoms with van der Waals surface area (Å²) in [4.78, 5) is 0.356. The monoisotopic (exact) mass is 294 g/mol. The van der Waals surface area contributed by atoms with Gasteiger partial charge in [0, 0.05) is 17.8 Å². The fraction of sp³-hybridized carbons (Fsp3) is 0.600. The lowest BCUT2D eigenvalue weighted by atomic mass is 10.1. The van der Waals surface area contributed by atoms with Gasteiger partial charge in [-0.25, -0.2) is 13.1 Å². The van der Waals surface area contributed by atoms with Crippen molar-refractivity contribution >= 4 is 15.7 Å². The van der Waals surface area contributed by atoms with Gasteiger partial charge in [0.05, 0.1) is 4.90 Å². The molecule has 2 aliphatic rings. The largest absolute Gasteiger partial charge is 0.382 e. The minimum atomic E-state index is -3.33. The Morgan fingerprint density at radius 2 is 1.65 bits per heavy atom. The van der Waals surface area contributed by atoms with E-state index in [1.807, 2.05) is 12.1 Å². The molecule has 0 aliphatic heterocycles. The van der Waals surface area contributed by atoms with Crippen LogP contribution in [0.3, 0.4) is 0 Å². The summed E-state index contributed by atoms with van der Waals surface area (Å²) < 4.78 is 26.8. The highest BCUT2D eigenvalue weighted by molar-refractivity contribution is 7.89. The second-order valence-electron chi connectivity index (χ2n) is 6.18. The van der Waals surface area contributed by atoms with Gasteiger partial charge in [0.25, 0.3) is 0 Å². The third kappa shape index (κ3) is 3.33. The van der Waals surface area contributed by atoms with Gasteiger partial charge in [0.15, 0.2) is 0 Å². The standard InChI is InChI=1S/C15H22N2O2S/c1-11-2-3-14(10-11)16-12-6-8-15(9-7-12)20(18,19)17-13-4-5-13/h6-9,11,13-14,16-17H,2-5,10H2,1H3. The molecule has 2 saturated carbocycles. The maximum Gasteiger partial charge on any atom is 0.240 e. The Bertz CT molecular complexity index is 564. The molecular weight excluding hydrogens is 272 g/mol. The van der Waals surface area contributed by atoms with Crippen LogP contribution in [0.1, 0.15) is 39.0 Å². The molecule has 0 saturated heterocycles. The quantitative estimate of drug-likeness (QED) is 0.878. The summed E-state index contributed by atoms with van der Waals surface area (Å²) in [6.45, 7) is 2.28. The number of rotatable bonds is 5. The Morgan fingerprint density at radius 3 is 2.20 bits per heavy atom. The first-order valence-corrected chi connectivity index (χ1v) is 8.90. The number of sulfonamides is 1. The summed E-state index contributed by atoms with van der Waals surface area (Å²) in [5.74, 6) is 0.787. The first-order chi connectivity index (χ1) is 9.53. The van der Waals surface area contributed by atoms with Crippen molar-refractivity contribution in [2.24, 2.45) is 5.92 Å². The topological polar surface area (TPSA) is 58.2 Å². The first kappa shape index (κ1) is 13.9. The third-order valence-corrected chi connectivity index (χ3v) is 5.67. The van der Waals surface area contributed by atoms with Crippen LogP contribution in [0.2, 0.25) is 0 Å². The van der Waals surface area contributed by atoms with Crippen molar-refractivity contribution in [3.05, 3.63) is 24.3 Å². The van der Waals surface area contributed by atoms with E-state index in [9.17, 15) is 8.42 Å². The molecule has 1 aromatic carbocycles. The molecule has 0 spiro atoms. The number of anilines is 1. The summed E-state index contributed by atoms with van der Waals surface area (Å²) in [6, 6.07) is 7.78. The lowest BCUT2D eigenvalue weighted by Gasteiger charge is -2.14. The van der Waals surface area contributed by atoms with Crippen LogP contribution in [0.25, 0.3) is 0 Å². The smallest absolute Gasteiger partial charge is 0.240 e. The van der Waals surface area contributed by atoms with Crippen LogP contribution in [-0.4, -0.2) is 20.5 Å². The van der Waals surface area contributed by atoms with Crippen molar-refractivity contribution in [3.8, 4) is 0 Å². The van der Waals surface area contributed by atoms with Gasteiger partial charge in [-0.1, -0.05) is 6.92 Å². The molecule has 2 unspecified atom stereocenters. The summed E-state index contributed by atoms with van der Waals surface area (Å²) in [5.41, 5.74) is 1.01. The van der Waals surface area contributed by atoms with E-state index in [2.05, 4.69) is 17.0 Å². The second-order valence-corrected chi connectivity index (χ2v) is 7.89. The lowest BCUT2D eigenvalue weighted by molar-refractivity contribution is 0.581. The minimum absolute atomic E-state index is 0.151. The predicted molar refractivity (Wildman–Crippen MR) is 80.2 cm³/mol. The van der Waals surface area contributed by atoms with Crippen molar-refractivity contribution in [1.29, 1.82) is 0 Å². The SMILES string of the molecule is CC1CCC(Nc2ccc(S(=O)(=O)NC3CC3)cc2)C1. The Labute approximate surface area is 121 Å². The van der Waals surface area contributed by atoms with Gasteiger partial charge in [-0.05, 0) is 62.3 Å². The van der Waals surface area contributed by atoms with Crippen LogP contribution < -0.4 is 10.0 Å². The average molecular weight is 294 g/mol. The van der Waals surface area contributed by atoms with Gasteiger partial charge in [-0.2, -0.15) is 0 Å². The highest BCUT2D eigenvalue weighted by Crippen LogP contribution is 2.28. The zero-order valence-electron chi connectivity index (χ0n) is 11.8. The normalized spacial score (nSPS) is 26.6. The number of hydrogen-bond acceptors (Lipinski definition) is 3. The minimum Gasteiger partial charge on any atom is -0.382 e. The van der Waals surface area contributed by atoms with Crippen molar-refractivity contribution in [2.45, 2.75) is 56.0 Å². The molecule has 0 aromatic heterocycles. The summed E-state index contributed by atoms with van der Waals surface area (Å²) in [6.07, 6.45) is 5.58. The van der Waals surface area contributed by atoms with Crippen LogP contribution in [0.4, 0.5) is 5.69 Å². The Balaban J connectivity index is 1.64. The summed E-state index contributed by atoms with van der Waals surface area (Å²) >= 11 is 0. The predicted octanol–water partition coefficient (Wildman–Crippen LogP) is 2.73. The molecule has 0 amide bonds. The van der Waals surface area contributed by atoms with Crippen LogP contribution in [0, 0.1) is 5.92 Å². The van der Waals surface area contributed by atoms with Gasteiger partial charge in [0.2, 0.25) is 10.0 Å². The molecule has 0 heterocycles. The van der Waals surface area contributed by atoms with Crippen LogP contribution >= 0.6 is 0 Å². The molecule has 2 aliphatic carbocycles. The fourth-order valence-corrected chi connectivity index (χ4v) is 4.10. The average Bonchev–Trinajstić information content (AvgIpc) is 3.11. The van der Waals surface area contributed by atoms with Gasteiger partial charge >= 0.3 is 0 Å². The van der Waals surface area contributed by atoms with E-state index >= 15 is 0 Å². The maximum atomic E-state index is 12.0. The van der Waals surface area contributed by atoms with Crippen molar-refractivity contribution in [1.82, 2.24) is 4.72 Å². The molecule has 0 bridgehead atoms. The van der Waals surface area contributed by atoms with E-state index in [-0.39, 0.29) is 6.04 Å². The molecule has 1 aromatic rings. The zero-order valence-corrected chi connectivity index (χ0v) is 12.6. The molecule has 2 fully saturated rings. The van der Waals surface area contributed by atoms with Crippen LogP contribution in [0.5, 0.6) is 0 Å². The molecule has 20 heavy (non-hydrogen) atoms. The Kier molecular flexibility index (Phi) is 3.73. The molecule has 2 atom stereocenters. The molecule has 110 valence electrons. The van der Waals surface area contributed by atoms with Crippen molar-refractivity contribution < 1.29 is 8.42 Å². The molecule has 3 rings (SSSR count). The molecule has 5 heteroatoms. The van der Waals surface area contributed by atoms with E-state index in [0.29, 0.717) is 10.9 Å². The van der Waals surface area contributed by atoms with Gasteiger partial charge in [-0.15, -0.1) is 0 Å². The third-order valence-electron chi connectivity index (χ3n) is 4.13. The molecule has 4 nitrogen and oxygen atoms in total. The zero-order chi connectivity index (χ0) is 14.2. The number of nitrogens with one attached hydrogen (secondary N) is 2. The Hall–Kier alpha value is -1.07. The summed E-state index contributed by atoms with van der Waals surface area (Å²) in [5, 5.41) is 3.49. The van der Waals surface area contributed by atoms with Crippen molar-refractivity contribution in [2.75, 3.05) is 5.32 Å². The second kappa shape index (κ2) is 5.37. The van der Waals surface area contributed by atoms with Gasteiger partial charge in [0.1, 0.15) is 0 Å². The molecular formula is C15H22N2O2S. The summed E-state index contributed by atoms with van der Waals surface area (Å²) in [7, 11) is -3.33. The van der Waals surface area contributed by atoms with Gasteiger partial charge in [-0.3, -0.25) is 0 Å². The van der Waals surface area contributed by atoms with E-state index in [4.69, 9.17) is 0 Å². The molecule has 0 radical (unpaired) electrons. The lowest BCUT2D eigenvalue weighted by Crippen LogP contribution is -2.25.